The summed E-state index contributed by atoms with van der Waals surface area (Å²) < 4.78 is 1.65. The van der Waals surface area contributed by atoms with E-state index >= 15 is 0 Å². The molecule has 0 saturated carbocycles. The molecule has 0 saturated heterocycles. The van der Waals surface area contributed by atoms with Crippen LogP contribution in [0.3, 0.4) is 0 Å². The maximum Gasteiger partial charge on any atom is 0.253 e. The lowest BCUT2D eigenvalue weighted by Gasteiger charge is -2.16. The van der Waals surface area contributed by atoms with Crippen molar-refractivity contribution in [1.82, 2.24) is 20.0 Å². The Labute approximate surface area is 141 Å². The zero-order chi connectivity index (χ0) is 17.9. The minimum absolute atomic E-state index is 0.0613. The van der Waals surface area contributed by atoms with Crippen LogP contribution in [0.2, 0.25) is 0 Å². The summed E-state index contributed by atoms with van der Waals surface area (Å²) in [6.45, 7) is 1.85. The van der Waals surface area contributed by atoms with Crippen LogP contribution in [0.4, 0.5) is 5.69 Å². The second-order valence-corrected chi connectivity index (χ2v) is 5.89. The number of benzene rings is 1. The van der Waals surface area contributed by atoms with E-state index in [-0.39, 0.29) is 11.8 Å². The number of hydrogen-bond donors (Lipinski definition) is 2. The summed E-state index contributed by atoms with van der Waals surface area (Å²) in [6.07, 6.45) is 3.45. The molecule has 1 aromatic carbocycles. The molecule has 0 aliphatic rings. The van der Waals surface area contributed by atoms with Crippen LogP contribution in [-0.2, 0) is 11.8 Å². The van der Waals surface area contributed by atoms with Crippen molar-refractivity contribution in [2.45, 2.75) is 13.0 Å². The molecule has 2 N–H and O–H groups in total. The van der Waals surface area contributed by atoms with Crippen molar-refractivity contribution in [3.8, 4) is 0 Å². The molecule has 1 aromatic heterocycles. The van der Waals surface area contributed by atoms with Gasteiger partial charge in [-0.2, -0.15) is 5.10 Å². The maximum atomic E-state index is 12.5. The minimum Gasteiger partial charge on any atom is -0.345 e. The summed E-state index contributed by atoms with van der Waals surface area (Å²) in [5.74, 6) is -0.245. The Balaban J connectivity index is 2.16. The molecule has 1 atom stereocenters. The van der Waals surface area contributed by atoms with E-state index in [1.54, 1.807) is 63.5 Å². The van der Waals surface area contributed by atoms with Crippen LogP contribution in [0.1, 0.15) is 27.5 Å². The zero-order valence-electron chi connectivity index (χ0n) is 14.6. The molecular weight excluding hydrogens is 306 g/mol. The number of aryl methyl sites for hydroxylation is 2. The lowest BCUT2D eigenvalue weighted by Crippen LogP contribution is -2.30. The zero-order valence-corrected chi connectivity index (χ0v) is 14.6. The molecule has 7 heteroatoms. The normalized spacial score (nSPS) is 11.9. The van der Waals surface area contributed by atoms with E-state index in [4.69, 9.17) is 0 Å². The summed E-state index contributed by atoms with van der Waals surface area (Å²) in [7, 11) is 6.95. The van der Waals surface area contributed by atoms with Crippen molar-refractivity contribution in [2.75, 3.05) is 26.5 Å². The third kappa shape index (κ3) is 3.80. The number of amides is 2. The number of rotatable bonds is 5. The van der Waals surface area contributed by atoms with E-state index < -0.39 is 6.04 Å². The van der Waals surface area contributed by atoms with E-state index in [0.29, 0.717) is 11.3 Å². The van der Waals surface area contributed by atoms with Crippen molar-refractivity contribution >= 4 is 17.5 Å². The lowest BCUT2D eigenvalue weighted by molar-refractivity contribution is -0.118. The first-order chi connectivity index (χ1) is 11.3. The molecule has 7 nitrogen and oxygen atoms in total. The second kappa shape index (κ2) is 7.27. The summed E-state index contributed by atoms with van der Waals surface area (Å²) in [5.41, 5.74) is 2.87. The van der Waals surface area contributed by atoms with Gasteiger partial charge in [-0.15, -0.1) is 0 Å². The number of aromatic nitrogens is 2. The van der Waals surface area contributed by atoms with Crippen LogP contribution in [0.5, 0.6) is 0 Å². The van der Waals surface area contributed by atoms with Gasteiger partial charge in [0.25, 0.3) is 5.91 Å². The van der Waals surface area contributed by atoms with Crippen LogP contribution in [-0.4, -0.2) is 47.6 Å². The molecule has 128 valence electrons. The van der Waals surface area contributed by atoms with E-state index in [0.717, 1.165) is 11.1 Å². The highest BCUT2D eigenvalue weighted by atomic mass is 16.2. The smallest absolute Gasteiger partial charge is 0.253 e. The molecule has 0 fully saturated rings. The highest BCUT2D eigenvalue weighted by molar-refractivity contribution is 5.98. The minimum atomic E-state index is -0.498. The number of carbonyl (C=O) groups is 2. The molecule has 24 heavy (non-hydrogen) atoms. The standard InChI is InChI=1S/C17H23N5O2/c1-11-8-13(6-7-14(11)17(24)21(3)4)20-16(23)15(18-2)12-9-19-22(5)10-12/h6-10,15,18H,1-5H3,(H,20,23). The Bertz CT molecular complexity index is 751. The van der Waals surface area contributed by atoms with Gasteiger partial charge in [0.15, 0.2) is 0 Å². The predicted molar refractivity (Wildman–Crippen MR) is 92.8 cm³/mol. The van der Waals surface area contributed by atoms with Crippen LogP contribution in [0.15, 0.2) is 30.6 Å². The average molecular weight is 329 g/mol. The van der Waals surface area contributed by atoms with Gasteiger partial charge in [0, 0.05) is 44.2 Å². The van der Waals surface area contributed by atoms with Gasteiger partial charge >= 0.3 is 0 Å². The fourth-order valence-corrected chi connectivity index (χ4v) is 2.48. The van der Waals surface area contributed by atoms with Crippen LogP contribution in [0, 0.1) is 6.92 Å². The van der Waals surface area contributed by atoms with Gasteiger partial charge in [0.2, 0.25) is 5.91 Å². The molecule has 0 aliphatic heterocycles. The molecule has 2 aromatic rings. The summed E-state index contributed by atoms with van der Waals surface area (Å²) >= 11 is 0. The number of anilines is 1. The first-order valence-electron chi connectivity index (χ1n) is 7.62. The Hall–Kier alpha value is -2.67. The highest BCUT2D eigenvalue weighted by Gasteiger charge is 2.20. The molecule has 2 rings (SSSR count). The van der Waals surface area contributed by atoms with Gasteiger partial charge < -0.3 is 15.5 Å². The molecular formula is C17H23N5O2. The van der Waals surface area contributed by atoms with Gasteiger partial charge in [0.05, 0.1) is 6.20 Å². The summed E-state index contributed by atoms with van der Waals surface area (Å²) in [5, 5.41) is 9.95. The van der Waals surface area contributed by atoms with Crippen molar-refractivity contribution in [1.29, 1.82) is 0 Å². The molecule has 0 aliphatic carbocycles. The van der Waals surface area contributed by atoms with Crippen molar-refractivity contribution in [3.63, 3.8) is 0 Å². The highest BCUT2D eigenvalue weighted by Crippen LogP contribution is 2.19. The third-order valence-corrected chi connectivity index (χ3v) is 3.74. The largest absolute Gasteiger partial charge is 0.345 e. The van der Waals surface area contributed by atoms with E-state index in [2.05, 4.69) is 15.7 Å². The molecule has 0 bridgehead atoms. The van der Waals surface area contributed by atoms with Crippen LogP contribution >= 0.6 is 0 Å². The van der Waals surface area contributed by atoms with Gasteiger partial charge in [-0.1, -0.05) is 0 Å². The topological polar surface area (TPSA) is 79.3 Å². The Morgan fingerprint density at radius 2 is 2.00 bits per heavy atom. The second-order valence-electron chi connectivity index (χ2n) is 5.89. The maximum absolute atomic E-state index is 12.5. The van der Waals surface area contributed by atoms with E-state index in [1.165, 1.54) is 4.90 Å². The summed E-state index contributed by atoms with van der Waals surface area (Å²) in [6, 6.07) is 4.76. The Kier molecular flexibility index (Phi) is 5.35. The van der Waals surface area contributed by atoms with Crippen molar-refractivity contribution < 1.29 is 9.59 Å². The van der Waals surface area contributed by atoms with Gasteiger partial charge in [-0.25, -0.2) is 0 Å². The number of carbonyl (C=O) groups excluding carboxylic acids is 2. The first kappa shape index (κ1) is 17.7. The SMILES string of the molecule is CNC(C(=O)Nc1ccc(C(=O)N(C)C)c(C)c1)c1cnn(C)c1. The number of nitrogens with one attached hydrogen (secondary N) is 2. The van der Waals surface area contributed by atoms with Gasteiger partial charge in [0.1, 0.15) is 6.04 Å². The monoisotopic (exact) mass is 329 g/mol. The summed E-state index contributed by atoms with van der Waals surface area (Å²) in [4.78, 5) is 26.1. The number of likely N-dealkylation sites (N-methyl/N-ethyl adjacent to an activating group) is 1. The van der Waals surface area contributed by atoms with Gasteiger partial charge in [-0.05, 0) is 37.7 Å². The van der Waals surface area contributed by atoms with Crippen LogP contribution in [0.25, 0.3) is 0 Å². The molecule has 1 heterocycles. The Morgan fingerprint density at radius 3 is 2.50 bits per heavy atom. The third-order valence-electron chi connectivity index (χ3n) is 3.74. The van der Waals surface area contributed by atoms with Gasteiger partial charge in [-0.3, -0.25) is 14.3 Å². The molecule has 0 spiro atoms. The van der Waals surface area contributed by atoms with Crippen LogP contribution < -0.4 is 10.6 Å². The van der Waals surface area contributed by atoms with E-state index in [1.807, 2.05) is 6.92 Å². The fraction of sp³-hybridized carbons (Fsp3) is 0.353. The lowest BCUT2D eigenvalue weighted by atomic mass is 10.1. The number of nitrogens with zero attached hydrogens (tertiary/aromatic N) is 3. The predicted octanol–water partition coefficient (Wildman–Crippen LogP) is 1.33. The van der Waals surface area contributed by atoms with Crippen molar-refractivity contribution in [3.05, 3.63) is 47.3 Å². The quantitative estimate of drug-likeness (QED) is 0.867. The average Bonchev–Trinajstić information content (AvgIpc) is 2.93. The van der Waals surface area contributed by atoms with Crippen molar-refractivity contribution in [2.24, 2.45) is 7.05 Å². The fourth-order valence-electron chi connectivity index (χ4n) is 2.48. The number of hydrogen-bond acceptors (Lipinski definition) is 4. The van der Waals surface area contributed by atoms with E-state index in [9.17, 15) is 9.59 Å². The Morgan fingerprint density at radius 1 is 1.29 bits per heavy atom. The molecule has 2 amide bonds. The first-order valence-corrected chi connectivity index (χ1v) is 7.62. The molecule has 0 radical (unpaired) electrons. The molecule has 1 unspecified atom stereocenters.